The smallest absolute Gasteiger partial charge is 0.332 e. The molecule has 0 heterocycles. The van der Waals surface area contributed by atoms with Gasteiger partial charge in [-0.05, 0) is 26.0 Å². The van der Waals surface area contributed by atoms with Crippen LogP contribution in [0, 0.1) is 6.92 Å². The largest absolute Gasteiger partial charge is 0.488 e. The first-order valence-electron chi connectivity index (χ1n) is 4.86. The van der Waals surface area contributed by atoms with E-state index in [9.17, 15) is 4.79 Å². The van der Waals surface area contributed by atoms with E-state index in [2.05, 4.69) is 10.5 Å². The van der Waals surface area contributed by atoms with Crippen LogP contribution in [0.5, 0.6) is 5.75 Å². The van der Waals surface area contributed by atoms with Crippen molar-refractivity contribution in [1.29, 1.82) is 0 Å². The van der Waals surface area contributed by atoms with E-state index in [0.29, 0.717) is 12.3 Å². The molecule has 0 spiro atoms. The van der Waals surface area contributed by atoms with Gasteiger partial charge >= 0.3 is 6.03 Å². The molecular formula is C11H15N3O2. The highest BCUT2D eigenvalue weighted by Gasteiger charge is 1.96. The van der Waals surface area contributed by atoms with Gasteiger partial charge in [0, 0.05) is 0 Å². The molecule has 0 aliphatic rings. The van der Waals surface area contributed by atoms with Gasteiger partial charge in [-0.2, -0.15) is 5.10 Å². The first-order valence-corrected chi connectivity index (χ1v) is 4.86. The van der Waals surface area contributed by atoms with Crippen molar-refractivity contribution in [3.05, 3.63) is 29.8 Å². The number of aryl methyl sites for hydroxylation is 1. The molecule has 1 aromatic rings. The third-order valence-electron chi connectivity index (χ3n) is 1.83. The molecule has 3 N–H and O–H groups in total. The lowest BCUT2D eigenvalue weighted by Gasteiger charge is -2.05. The number of urea groups is 1. The highest BCUT2D eigenvalue weighted by atomic mass is 16.5. The van der Waals surface area contributed by atoms with E-state index in [1.807, 2.05) is 31.2 Å². The summed E-state index contributed by atoms with van der Waals surface area (Å²) in [6.45, 7) is 4.06. The molecule has 0 aliphatic heterocycles. The average Bonchev–Trinajstić information content (AvgIpc) is 2.25. The molecule has 0 unspecified atom stereocenters. The summed E-state index contributed by atoms with van der Waals surface area (Å²) in [5, 5.41) is 3.72. The van der Waals surface area contributed by atoms with Crippen molar-refractivity contribution in [2.24, 2.45) is 10.8 Å². The molecule has 0 saturated carbocycles. The number of hydrogen-bond donors (Lipinski definition) is 2. The van der Waals surface area contributed by atoms with Crippen molar-refractivity contribution in [1.82, 2.24) is 5.43 Å². The molecule has 0 fully saturated rings. The number of rotatable bonds is 4. The number of primary amides is 1. The second-order valence-electron chi connectivity index (χ2n) is 3.42. The molecule has 5 nitrogen and oxygen atoms in total. The van der Waals surface area contributed by atoms with E-state index < -0.39 is 6.03 Å². The minimum Gasteiger partial charge on any atom is -0.488 e. The Bertz CT molecular complexity index is 385. The zero-order valence-electron chi connectivity index (χ0n) is 9.36. The highest BCUT2D eigenvalue weighted by Crippen LogP contribution is 2.10. The van der Waals surface area contributed by atoms with E-state index >= 15 is 0 Å². The predicted molar refractivity (Wildman–Crippen MR) is 62.5 cm³/mol. The van der Waals surface area contributed by atoms with Crippen molar-refractivity contribution in [3.63, 3.8) is 0 Å². The molecule has 0 bridgehead atoms. The van der Waals surface area contributed by atoms with Crippen LogP contribution < -0.4 is 15.9 Å². The number of hydrazone groups is 1. The van der Waals surface area contributed by atoms with Gasteiger partial charge in [-0.1, -0.05) is 17.7 Å². The van der Waals surface area contributed by atoms with Crippen molar-refractivity contribution < 1.29 is 9.53 Å². The lowest BCUT2D eigenvalue weighted by molar-refractivity contribution is 0.249. The van der Waals surface area contributed by atoms with E-state index in [4.69, 9.17) is 10.5 Å². The second kappa shape index (κ2) is 5.75. The molecule has 86 valence electrons. The number of carbonyl (C=O) groups excluding carboxylic acids is 1. The van der Waals surface area contributed by atoms with Gasteiger partial charge in [-0.15, -0.1) is 0 Å². The Balaban J connectivity index is 2.42. The lowest BCUT2D eigenvalue weighted by Crippen LogP contribution is -2.26. The third kappa shape index (κ3) is 4.45. The Morgan fingerprint density at radius 2 is 2.06 bits per heavy atom. The molecular weight excluding hydrogens is 206 g/mol. The molecule has 0 aromatic heterocycles. The van der Waals surface area contributed by atoms with Crippen LogP contribution in [0.25, 0.3) is 0 Å². The maximum absolute atomic E-state index is 10.4. The van der Waals surface area contributed by atoms with Crippen molar-refractivity contribution in [3.8, 4) is 5.75 Å². The molecule has 0 radical (unpaired) electrons. The first kappa shape index (κ1) is 12.0. The van der Waals surface area contributed by atoms with E-state index in [0.717, 1.165) is 5.75 Å². The first-order chi connectivity index (χ1) is 7.58. The fourth-order valence-corrected chi connectivity index (χ4v) is 1.01. The normalized spacial score (nSPS) is 11.0. The Morgan fingerprint density at radius 1 is 1.44 bits per heavy atom. The summed E-state index contributed by atoms with van der Waals surface area (Å²) in [4.78, 5) is 10.4. The van der Waals surface area contributed by atoms with Gasteiger partial charge in [0.2, 0.25) is 0 Å². The Hall–Kier alpha value is -2.04. The summed E-state index contributed by atoms with van der Waals surface area (Å²) in [5.41, 5.74) is 8.82. The summed E-state index contributed by atoms with van der Waals surface area (Å²) < 4.78 is 5.43. The molecule has 16 heavy (non-hydrogen) atoms. The molecule has 1 aromatic carbocycles. The zero-order valence-corrected chi connectivity index (χ0v) is 9.36. The molecule has 2 amide bonds. The monoisotopic (exact) mass is 221 g/mol. The van der Waals surface area contributed by atoms with E-state index in [1.54, 1.807) is 6.92 Å². The summed E-state index contributed by atoms with van der Waals surface area (Å²) >= 11 is 0. The van der Waals surface area contributed by atoms with Crippen LogP contribution >= 0.6 is 0 Å². The van der Waals surface area contributed by atoms with Gasteiger partial charge in [0.25, 0.3) is 0 Å². The Morgan fingerprint density at radius 3 is 2.62 bits per heavy atom. The lowest BCUT2D eigenvalue weighted by atomic mass is 10.2. The van der Waals surface area contributed by atoms with Gasteiger partial charge in [0.1, 0.15) is 12.4 Å². The highest BCUT2D eigenvalue weighted by molar-refractivity contribution is 5.84. The molecule has 0 saturated heterocycles. The van der Waals surface area contributed by atoms with Crippen LogP contribution in [0.4, 0.5) is 4.79 Å². The van der Waals surface area contributed by atoms with Crippen LogP contribution in [0.15, 0.2) is 29.4 Å². The Labute approximate surface area is 94.3 Å². The topological polar surface area (TPSA) is 76.7 Å². The summed E-state index contributed by atoms with van der Waals surface area (Å²) in [7, 11) is 0. The molecule has 0 aliphatic carbocycles. The van der Waals surface area contributed by atoms with E-state index in [-0.39, 0.29) is 0 Å². The molecule has 1 rings (SSSR count). The van der Waals surface area contributed by atoms with Crippen molar-refractivity contribution in [2.75, 3.05) is 6.61 Å². The number of nitrogens with one attached hydrogen (secondary N) is 1. The number of amides is 2. The summed E-state index contributed by atoms with van der Waals surface area (Å²) in [5.74, 6) is 0.763. The van der Waals surface area contributed by atoms with Gasteiger partial charge in [0.05, 0.1) is 5.71 Å². The average molecular weight is 221 g/mol. The predicted octanol–water partition coefficient (Wildman–Crippen LogP) is 1.42. The van der Waals surface area contributed by atoms with Gasteiger partial charge in [0.15, 0.2) is 0 Å². The maximum atomic E-state index is 10.4. The van der Waals surface area contributed by atoms with E-state index in [1.165, 1.54) is 5.56 Å². The fraction of sp³-hybridized carbons (Fsp3) is 0.273. The van der Waals surface area contributed by atoms with Crippen LogP contribution in [-0.2, 0) is 0 Å². The second-order valence-corrected chi connectivity index (χ2v) is 3.42. The van der Waals surface area contributed by atoms with Crippen LogP contribution in [-0.4, -0.2) is 18.3 Å². The number of nitrogens with zero attached hydrogens (tertiary/aromatic N) is 1. The summed E-state index contributed by atoms with van der Waals surface area (Å²) in [6.07, 6.45) is 0. The molecule has 5 heteroatoms. The molecule has 0 atom stereocenters. The standard InChI is InChI=1S/C11H15N3O2/c1-8-3-5-10(6-4-8)16-7-9(2)13-14-11(12)15/h3-6H,7H2,1-2H3,(H3,12,14,15)/b13-9-. The van der Waals surface area contributed by atoms with Crippen LogP contribution in [0.1, 0.15) is 12.5 Å². The number of carbonyl (C=O) groups is 1. The minimum atomic E-state index is -0.685. The third-order valence-corrected chi connectivity index (χ3v) is 1.83. The van der Waals surface area contributed by atoms with Crippen LogP contribution in [0.3, 0.4) is 0 Å². The van der Waals surface area contributed by atoms with Gasteiger partial charge < -0.3 is 10.5 Å². The quantitative estimate of drug-likeness (QED) is 0.595. The van der Waals surface area contributed by atoms with Crippen molar-refractivity contribution >= 4 is 11.7 Å². The van der Waals surface area contributed by atoms with Crippen molar-refractivity contribution in [2.45, 2.75) is 13.8 Å². The zero-order chi connectivity index (χ0) is 12.0. The number of ether oxygens (including phenoxy) is 1. The fourth-order valence-electron chi connectivity index (χ4n) is 1.01. The maximum Gasteiger partial charge on any atom is 0.332 e. The number of benzene rings is 1. The summed E-state index contributed by atoms with van der Waals surface area (Å²) in [6, 6.07) is 7.00. The Kier molecular flexibility index (Phi) is 4.32. The number of nitrogens with two attached hydrogens (primary N) is 1. The number of hydrogen-bond acceptors (Lipinski definition) is 3. The van der Waals surface area contributed by atoms with Gasteiger partial charge in [-0.25, -0.2) is 10.2 Å². The minimum absolute atomic E-state index is 0.309. The van der Waals surface area contributed by atoms with Gasteiger partial charge in [-0.3, -0.25) is 0 Å². The SMILES string of the molecule is C/C(COc1ccc(C)cc1)=N/NC(N)=O. The van der Waals surface area contributed by atoms with Crippen LogP contribution in [0.2, 0.25) is 0 Å².